The summed E-state index contributed by atoms with van der Waals surface area (Å²) in [4.78, 5) is 46.5. The van der Waals surface area contributed by atoms with Crippen molar-refractivity contribution < 1.29 is 23.5 Å². The van der Waals surface area contributed by atoms with E-state index in [4.69, 9.17) is 16.3 Å². The third-order valence-corrected chi connectivity index (χ3v) is 7.20. The Balaban J connectivity index is 1.53. The van der Waals surface area contributed by atoms with E-state index in [0.29, 0.717) is 49.0 Å². The minimum absolute atomic E-state index is 0.184. The van der Waals surface area contributed by atoms with Gasteiger partial charge in [0.2, 0.25) is 11.8 Å². The fraction of sp³-hybridized carbons (Fsp3) is 0.452. The van der Waals surface area contributed by atoms with E-state index < -0.39 is 11.7 Å². The average Bonchev–Trinajstić information content (AvgIpc) is 2.87. The second kappa shape index (κ2) is 13.2. The summed E-state index contributed by atoms with van der Waals surface area (Å²) in [6, 6.07) is 11.0. The number of carbonyl (C=O) groups excluding carboxylic acids is 3. The van der Waals surface area contributed by atoms with Crippen LogP contribution in [0.1, 0.15) is 31.9 Å². The fourth-order valence-electron chi connectivity index (χ4n) is 5.34. The predicted molar refractivity (Wildman–Crippen MR) is 162 cm³/mol. The number of hydrogen-bond acceptors (Lipinski definition) is 6. The molecule has 4 rings (SSSR count). The molecule has 2 aliphatic rings. The van der Waals surface area contributed by atoms with E-state index in [9.17, 15) is 18.8 Å². The molecule has 2 aromatic carbocycles. The van der Waals surface area contributed by atoms with E-state index in [1.165, 1.54) is 18.2 Å². The lowest BCUT2D eigenvalue weighted by Gasteiger charge is -2.52. The largest absolute Gasteiger partial charge is 0.444 e. The fourth-order valence-corrected chi connectivity index (χ4v) is 5.51. The highest BCUT2D eigenvalue weighted by atomic mass is 35.5. The summed E-state index contributed by atoms with van der Waals surface area (Å²) in [5.41, 5.74) is 1.51. The van der Waals surface area contributed by atoms with Gasteiger partial charge in [-0.1, -0.05) is 29.8 Å². The third kappa shape index (κ3) is 8.53. The summed E-state index contributed by atoms with van der Waals surface area (Å²) in [7, 11) is 3.61. The van der Waals surface area contributed by atoms with Crippen LogP contribution in [0.25, 0.3) is 6.08 Å². The van der Waals surface area contributed by atoms with Gasteiger partial charge in [0.15, 0.2) is 0 Å². The van der Waals surface area contributed by atoms with Crippen LogP contribution >= 0.6 is 11.6 Å². The van der Waals surface area contributed by atoms with Crippen molar-refractivity contribution in [3.05, 3.63) is 70.5 Å². The summed E-state index contributed by atoms with van der Waals surface area (Å²) < 4.78 is 19.1. The molecule has 226 valence electrons. The van der Waals surface area contributed by atoms with E-state index in [1.54, 1.807) is 60.3 Å². The number of anilines is 1. The number of nitrogens with zero attached hydrogens (tertiary/aromatic N) is 4. The van der Waals surface area contributed by atoms with E-state index >= 15 is 0 Å². The molecule has 2 bridgehead atoms. The second-order valence-corrected chi connectivity index (χ2v) is 12.5. The van der Waals surface area contributed by atoms with Crippen molar-refractivity contribution >= 4 is 41.3 Å². The topological polar surface area (TPSA) is 85.4 Å². The Morgan fingerprint density at radius 3 is 2.29 bits per heavy atom. The first-order valence-electron chi connectivity index (χ1n) is 14.0. The first kappa shape index (κ1) is 31.5. The number of nitrogens with one attached hydrogen (secondary N) is 1. The molecule has 11 heteroatoms. The van der Waals surface area contributed by atoms with Crippen LogP contribution in [0.15, 0.2) is 48.5 Å². The maximum Gasteiger partial charge on any atom is 0.410 e. The molecule has 3 amide bonds. The molecule has 9 nitrogen and oxygen atoms in total. The number of fused-ring (bicyclic) bond motifs is 2. The van der Waals surface area contributed by atoms with Crippen LogP contribution < -0.4 is 5.32 Å². The minimum atomic E-state index is -0.630. The zero-order chi connectivity index (χ0) is 30.6. The van der Waals surface area contributed by atoms with Gasteiger partial charge in [-0.15, -0.1) is 0 Å². The molecule has 2 aliphatic heterocycles. The second-order valence-electron chi connectivity index (χ2n) is 12.1. The Kier molecular flexibility index (Phi) is 9.91. The molecular weight excluding hydrogens is 561 g/mol. The maximum absolute atomic E-state index is 13.7. The Hall–Kier alpha value is -3.47. The van der Waals surface area contributed by atoms with E-state index in [0.717, 1.165) is 5.56 Å². The van der Waals surface area contributed by atoms with Crippen LogP contribution in [0.3, 0.4) is 0 Å². The molecule has 0 spiro atoms. The first-order valence-corrected chi connectivity index (χ1v) is 14.3. The van der Waals surface area contributed by atoms with Crippen LogP contribution in [0.2, 0.25) is 5.02 Å². The Morgan fingerprint density at radius 2 is 1.69 bits per heavy atom. The number of rotatable bonds is 7. The predicted octanol–water partition coefficient (Wildman–Crippen LogP) is 4.32. The number of hydrogen-bond donors (Lipinski definition) is 1. The van der Waals surface area contributed by atoms with Gasteiger partial charge in [-0.05, 0) is 76.3 Å². The van der Waals surface area contributed by atoms with Gasteiger partial charge in [0, 0.05) is 49.5 Å². The summed E-state index contributed by atoms with van der Waals surface area (Å²) >= 11 is 6.19. The van der Waals surface area contributed by atoms with Crippen molar-refractivity contribution in [1.29, 1.82) is 0 Å². The summed E-state index contributed by atoms with van der Waals surface area (Å²) in [6.07, 6.45) is 2.78. The van der Waals surface area contributed by atoms with Crippen LogP contribution in [0.5, 0.6) is 0 Å². The highest BCUT2D eigenvalue weighted by Crippen LogP contribution is 2.27. The normalized spacial score (nSPS) is 19.3. The molecule has 0 radical (unpaired) electrons. The number of piperazine rings is 2. The highest BCUT2D eigenvalue weighted by Gasteiger charge is 2.44. The van der Waals surface area contributed by atoms with Crippen LogP contribution in [-0.4, -0.2) is 102 Å². The smallest absolute Gasteiger partial charge is 0.410 e. The highest BCUT2D eigenvalue weighted by molar-refractivity contribution is 6.31. The standard InChI is InChI=1S/C31H39ClFN5O4/c1-31(2,3)42-30(41)37-18-25-16-36(15-21-6-11-24(33)12-7-21)17-26(19-37)38(25)29(40)13-9-22-8-10-23(32)14-27(22)34-28(39)20-35(4)5/h6-14,25-26H,15-20H2,1-5H3,(H,34,39)/b13-9+. The quantitative estimate of drug-likeness (QED) is 0.477. The van der Waals surface area contributed by atoms with Crippen molar-refractivity contribution in [2.45, 2.75) is 45.0 Å². The molecule has 2 heterocycles. The number of likely N-dealkylation sites (N-methyl/N-ethyl adjacent to an activating group) is 1. The molecule has 0 saturated carbocycles. The molecule has 1 N–H and O–H groups in total. The van der Waals surface area contributed by atoms with Gasteiger partial charge in [0.1, 0.15) is 11.4 Å². The molecule has 0 aromatic heterocycles. The Morgan fingerprint density at radius 1 is 1.05 bits per heavy atom. The Bertz CT molecular complexity index is 1310. The van der Waals surface area contributed by atoms with Crippen molar-refractivity contribution in [2.75, 3.05) is 52.1 Å². The van der Waals surface area contributed by atoms with E-state index in [-0.39, 0.29) is 36.3 Å². The molecule has 2 atom stereocenters. The molecule has 0 aliphatic carbocycles. The van der Waals surface area contributed by atoms with Gasteiger partial charge in [-0.3, -0.25) is 14.5 Å². The Labute approximate surface area is 251 Å². The molecule has 2 saturated heterocycles. The minimum Gasteiger partial charge on any atom is -0.444 e. The first-order chi connectivity index (χ1) is 19.8. The average molecular weight is 600 g/mol. The van der Waals surface area contributed by atoms with Crippen LogP contribution in [-0.2, 0) is 20.9 Å². The van der Waals surface area contributed by atoms with Gasteiger partial charge in [0.05, 0.1) is 18.6 Å². The molecule has 2 unspecified atom stereocenters. The lowest BCUT2D eigenvalue weighted by Crippen LogP contribution is -2.70. The number of amides is 3. The maximum atomic E-state index is 13.7. The SMILES string of the molecule is CN(C)CC(=O)Nc1cc(Cl)ccc1/C=C/C(=O)N1C2CN(Cc3ccc(F)cc3)CC1CN(C(=O)OC(C)(C)C)C2. The lowest BCUT2D eigenvalue weighted by molar-refractivity contribution is -0.140. The summed E-state index contributed by atoms with van der Waals surface area (Å²) in [5, 5.41) is 3.33. The van der Waals surface area contributed by atoms with E-state index in [1.807, 2.05) is 25.7 Å². The summed E-state index contributed by atoms with van der Waals surface area (Å²) in [5.74, 6) is -0.667. The molecule has 2 aromatic rings. The zero-order valence-electron chi connectivity index (χ0n) is 24.8. The van der Waals surface area contributed by atoms with Crippen LogP contribution in [0.4, 0.5) is 14.9 Å². The van der Waals surface area contributed by atoms with Crippen LogP contribution in [0, 0.1) is 5.82 Å². The molecular formula is C31H39ClFN5O4. The number of benzene rings is 2. The number of carbonyl (C=O) groups is 3. The van der Waals surface area contributed by atoms with Crippen molar-refractivity contribution in [3.8, 4) is 0 Å². The van der Waals surface area contributed by atoms with Crippen molar-refractivity contribution in [1.82, 2.24) is 19.6 Å². The summed E-state index contributed by atoms with van der Waals surface area (Å²) in [6.45, 7) is 8.04. The molecule has 2 fully saturated rings. The molecule has 42 heavy (non-hydrogen) atoms. The van der Waals surface area contributed by atoms with Gasteiger partial charge < -0.3 is 24.8 Å². The number of ether oxygens (including phenoxy) is 1. The van der Waals surface area contributed by atoms with Crippen molar-refractivity contribution in [3.63, 3.8) is 0 Å². The monoisotopic (exact) mass is 599 g/mol. The van der Waals surface area contributed by atoms with Gasteiger partial charge in [-0.25, -0.2) is 9.18 Å². The number of halogens is 2. The van der Waals surface area contributed by atoms with Gasteiger partial charge in [-0.2, -0.15) is 0 Å². The zero-order valence-corrected chi connectivity index (χ0v) is 25.5. The lowest BCUT2D eigenvalue weighted by atomic mass is 9.99. The van der Waals surface area contributed by atoms with Crippen molar-refractivity contribution in [2.24, 2.45) is 0 Å². The van der Waals surface area contributed by atoms with Gasteiger partial charge >= 0.3 is 6.09 Å². The van der Waals surface area contributed by atoms with E-state index in [2.05, 4.69) is 10.2 Å². The van der Waals surface area contributed by atoms with Gasteiger partial charge in [0.25, 0.3) is 0 Å². The third-order valence-electron chi connectivity index (χ3n) is 6.97.